The van der Waals surface area contributed by atoms with E-state index in [4.69, 9.17) is 14.5 Å². The molecule has 28 heavy (non-hydrogen) atoms. The molecule has 1 fully saturated rings. The average molecular weight is 399 g/mol. The first-order valence-corrected chi connectivity index (χ1v) is 9.92. The highest BCUT2D eigenvalue weighted by Gasteiger charge is 2.23. The number of hydrogen-bond acceptors (Lipinski definition) is 9. The zero-order valence-corrected chi connectivity index (χ0v) is 16.5. The molecule has 4 rings (SSSR count). The topological polar surface area (TPSA) is 93.5 Å². The molecule has 0 radical (unpaired) electrons. The molecule has 4 heterocycles. The maximum Gasteiger partial charge on any atom is 0.319 e. The Balaban J connectivity index is 1.84. The van der Waals surface area contributed by atoms with Crippen LogP contribution in [-0.2, 0) is 0 Å². The summed E-state index contributed by atoms with van der Waals surface area (Å²) >= 11 is 1.61. The van der Waals surface area contributed by atoms with Crippen molar-refractivity contribution < 1.29 is 14.6 Å². The molecule has 0 spiro atoms. The highest BCUT2D eigenvalue weighted by molar-refractivity contribution is 7.08. The molecule has 1 aliphatic rings. The fourth-order valence-electron chi connectivity index (χ4n) is 3.26. The van der Waals surface area contributed by atoms with Crippen LogP contribution in [-0.4, -0.2) is 58.5 Å². The lowest BCUT2D eigenvalue weighted by Crippen LogP contribution is -2.39. The number of thiophene rings is 1. The van der Waals surface area contributed by atoms with E-state index in [1.54, 1.807) is 24.6 Å². The molecular formula is C19H21N5O3S. The second kappa shape index (κ2) is 8.07. The van der Waals surface area contributed by atoms with Gasteiger partial charge in [-0.2, -0.15) is 16.3 Å². The highest BCUT2D eigenvalue weighted by Crippen LogP contribution is 2.36. The van der Waals surface area contributed by atoms with Crippen LogP contribution in [0, 0.1) is 0 Å². The van der Waals surface area contributed by atoms with E-state index >= 15 is 0 Å². The van der Waals surface area contributed by atoms with Crippen LogP contribution in [0.2, 0.25) is 0 Å². The number of piperidine rings is 1. The van der Waals surface area contributed by atoms with Gasteiger partial charge in [-0.15, -0.1) is 0 Å². The fourth-order valence-corrected chi connectivity index (χ4v) is 3.92. The van der Waals surface area contributed by atoms with Crippen molar-refractivity contribution in [2.24, 2.45) is 0 Å². The lowest BCUT2D eigenvalue weighted by Gasteiger charge is -2.30. The number of rotatable bonds is 5. The van der Waals surface area contributed by atoms with Gasteiger partial charge in [0.2, 0.25) is 11.8 Å². The Morgan fingerprint density at radius 3 is 2.71 bits per heavy atom. The van der Waals surface area contributed by atoms with E-state index in [1.165, 1.54) is 7.11 Å². The van der Waals surface area contributed by atoms with Crippen LogP contribution in [0.4, 0.5) is 5.95 Å². The average Bonchev–Trinajstić information content (AvgIpc) is 3.27. The fraction of sp³-hybridized carbons (Fsp3) is 0.368. The Morgan fingerprint density at radius 1 is 1.14 bits per heavy atom. The van der Waals surface area contributed by atoms with Gasteiger partial charge in [0.25, 0.3) is 0 Å². The molecule has 3 aromatic heterocycles. The SMILES string of the molecule is COc1ncc(-c2nc(N3CCC[C@@H](O)C3)ncc2-c2ccsc2)c(OC)n1. The molecule has 0 aromatic carbocycles. The van der Waals surface area contributed by atoms with E-state index in [-0.39, 0.29) is 12.1 Å². The number of aliphatic hydroxyl groups excluding tert-OH is 1. The van der Waals surface area contributed by atoms with Crippen LogP contribution >= 0.6 is 11.3 Å². The number of anilines is 1. The van der Waals surface area contributed by atoms with Crippen molar-refractivity contribution in [2.75, 3.05) is 32.2 Å². The quantitative estimate of drug-likeness (QED) is 0.700. The molecule has 0 bridgehead atoms. The lowest BCUT2D eigenvalue weighted by atomic mass is 10.0. The summed E-state index contributed by atoms with van der Waals surface area (Å²) in [5.74, 6) is 0.956. The van der Waals surface area contributed by atoms with Crippen molar-refractivity contribution in [1.82, 2.24) is 19.9 Å². The van der Waals surface area contributed by atoms with E-state index in [2.05, 4.69) is 15.0 Å². The van der Waals surface area contributed by atoms with Crippen LogP contribution in [0.25, 0.3) is 22.4 Å². The van der Waals surface area contributed by atoms with Gasteiger partial charge >= 0.3 is 6.01 Å². The van der Waals surface area contributed by atoms with Gasteiger partial charge in [-0.1, -0.05) is 0 Å². The minimum Gasteiger partial charge on any atom is -0.480 e. The van der Waals surface area contributed by atoms with Gasteiger partial charge in [-0.3, -0.25) is 0 Å². The summed E-state index contributed by atoms with van der Waals surface area (Å²) in [5.41, 5.74) is 3.23. The molecular weight excluding hydrogens is 378 g/mol. The Labute approximate surface area is 166 Å². The van der Waals surface area contributed by atoms with Gasteiger partial charge in [-0.05, 0) is 35.2 Å². The number of methoxy groups -OCH3 is 2. The normalized spacial score (nSPS) is 16.8. The molecule has 1 atom stereocenters. The molecule has 0 saturated carbocycles. The van der Waals surface area contributed by atoms with E-state index in [0.717, 1.165) is 30.5 Å². The third kappa shape index (κ3) is 3.63. The Bertz CT molecular complexity index is 951. The predicted molar refractivity (Wildman–Crippen MR) is 107 cm³/mol. The maximum atomic E-state index is 10.0. The highest BCUT2D eigenvalue weighted by atomic mass is 32.1. The number of β-amino-alcohol motifs (C(OH)–C–C–N with tert-alkyl or cyclic N) is 1. The van der Waals surface area contributed by atoms with E-state index in [9.17, 15) is 5.11 Å². The van der Waals surface area contributed by atoms with E-state index < -0.39 is 0 Å². The third-order valence-corrected chi connectivity index (χ3v) is 5.33. The van der Waals surface area contributed by atoms with Crippen LogP contribution in [0.15, 0.2) is 29.2 Å². The molecule has 0 aliphatic carbocycles. The second-order valence-electron chi connectivity index (χ2n) is 6.47. The van der Waals surface area contributed by atoms with Crippen LogP contribution in [0.1, 0.15) is 12.8 Å². The molecule has 1 saturated heterocycles. The molecule has 0 amide bonds. The Hall–Kier alpha value is -2.78. The zero-order valence-electron chi connectivity index (χ0n) is 15.7. The third-order valence-electron chi connectivity index (χ3n) is 4.65. The number of nitrogens with zero attached hydrogens (tertiary/aromatic N) is 5. The minimum atomic E-state index is -0.365. The van der Waals surface area contributed by atoms with Gasteiger partial charge in [0.1, 0.15) is 0 Å². The first-order valence-electron chi connectivity index (χ1n) is 8.97. The summed E-state index contributed by atoms with van der Waals surface area (Å²) in [6, 6.07) is 2.25. The summed E-state index contributed by atoms with van der Waals surface area (Å²) in [5, 5.41) is 14.1. The van der Waals surface area contributed by atoms with E-state index in [0.29, 0.717) is 29.6 Å². The van der Waals surface area contributed by atoms with Crippen LogP contribution in [0.3, 0.4) is 0 Å². The molecule has 8 nitrogen and oxygen atoms in total. The minimum absolute atomic E-state index is 0.228. The van der Waals surface area contributed by atoms with Crippen LogP contribution < -0.4 is 14.4 Å². The number of aliphatic hydroxyl groups is 1. The second-order valence-corrected chi connectivity index (χ2v) is 7.25. The van der Waals surface area contributed by atoms with Gasteiger partial charge in [0, 0.05) is 31.0 Å². The van der Waals surface area contributed by atoms with Gasteiger partial charge < -0.3 is 19.5 Å². The standard InChI is InChI=1S/C19H21N5O3S/c1-26-17-15(9-21-19(23-17)27-2)16-14(12-5-7-28-11-12)8-20-18(22-16)24-6-3-4-13(25)10-24/h5,7-9,11,13,25H,3-4,6,10H2,1-2H3/t13-/m1/s1. The summed E-state index contributed by atoms with van der Waals surface area (Å²) < 4.78 is 10.6. The van der Waals surface area contributed by atoms with Gasteiger partial charge in [-0.25, -0.2) is 15.0 Å². The van der Waals surface area contributed by atoms with Crippen molar-refractivity contribution in [3.05, 3.63) is 29.2 Å². The van der Waals surface area contributed by atoms with E-state index in [1.807, 2.05) is 27.9 Å². The Morgan fingerprint density at radius 2 is 2.00 bits per heavy atom. The van der Waals surface area contributed by atoms with Crippen molar-refractivity contribution in [1.29, 1.82) is 0 Å². The number of hydrogen-bond donors (Lipinski definition) is 1. The Kier molecular flexibility index (Phi) is 5.36. The van der Waals surface area contributed by atoms with Crippen LogP contribution in [0.5, 0.6) is 11.9 Å². The predicted octanol–water partition coefficient (Wildman–Crippen LogP) is 2.64. The maximum absolute atomic E-state index is 10.0. The van der Waals surface area contributed by atoms with Crippen molar-refractivity contribution in [3.63, 3.8) is 0 Å². The smallest absolute Gasteiger partial charge is 0.319 e. The van der Waals surface area contributed by atoms with Gasteiger partial charge in [0.05, 0.1) is 31.6 Å². The molecule has 9 heteroatoms. The lowest BCUT2D eigenvalue weighted by molar-refractivity contribution is 0.153. The zero-order chi connectivity index (χ0) is 19.5. The first kappa shape index (κ1) is 18.6. The monoisotopic (exact) mass is 399 g/mol. The number of ether oxygens (including phenoxy) is 2. The van der Waals surface area contributed by atoms with Crippen molar-refractivity contribution >= 4 is 17.3 Å². The summed E-state index contributed by atoms with van der Waals surface area (Å²) in [6.45, 7) is 1.33. The largest absolute Gasteiger partial charge is 0.480 e. The summed E-state index contributed by atoms with van der Waals surface area (Å²) in [4.78, 5) is 19.9. The molecule has 0 unspecified atom stereocenters. The molecule has 3 aromatic rings. The molecule has 146 valence electrons. The van der Waals surface area contributed by atoms with Crippen molar-refractivity contribution in [2.45, 2.75) is 18.9 Å². The van der Waals surface area contributed by atoms with Gasteiger partial charge in [0.15, 0.2) is 0 Å². The summed E-state index contributed by atoms with van der Waals surface area (Å²) in [7, 11) is 3.06. The first-order chi connectivity index (χ1) is 13.7. The molecule has 1 N–H and O–H groups in total. The molecule has 1 aliphatic heterocycles. The number of aromatic nitrogens is 4. The summed E-state index contributed by atoms with van der Waals surface area (Å²) in [6.07, 6.45) is 4.80. The van der Waals surface area contributed by atoms with Crippen molar-refractivity contribution in [3.8, 4) is 34.3 Å².